The van der Waals surface area contributed by atoms with Crippen LogP contribution in [0.15, 0.2) is 28.7 Å². The smallest absolute Gasteiger partial charge is 0.320 e. The van der Waals surface area contributed by atoms with Crippen molar-refractivity contribution in [3.8, 4) is 5.75 Å². The predicted molar refractivity (Wildman–Crippen MR) is 81.8 cm³/mol. The Hall–Kier alpha value is -2.08. The normalized spacial score (nSPS) is 11.4. The Morgan fingerprint density at radius 2 is 1.95 bits per heavy atom. The summed E-state index contributed by atoms with van der Waals surface area (Å²) < 4.78 is 11.1. The van der Waals surface area contributed by atoms with E-state index in [-0.39, 0.29) is 5.54 Å². The van der Waals surface area contributed by atoms with Gasteiger partial charge < -0.3 is 19.8 Å². The summed E-state index contributed by atoms with van der Waals surface area (Å²) in [6.07, 6.45) is 0. The second-order valence-corrected chi connectivity index (χ2v) is 5.66. The molecule has 0 aliphatic carbocycles. The molecule has 2 aromatic rings. The molecule has 0 spiro atoms. The highest BCUT2D eigenvalue weighted by Crippen LogP contribution is 2.26. The molecule has 0 saturated carbocycles. The summed E-state index contributed by atoms with van der Waals surface area (Å²) in [5, 5.41) is 14.4. The highest BCUT2D eigenvalue weighted by atomic mass is 16.5. The Morgan fingerprint density at radius 3 is 2.67 bits per heavy atom. The van der Waals surface area contributed by atoms with Crippen molar-refractivity contribution in [1.29, 1.82) is 0 Å². The monoisotopic (exact) mass is 290 g/mol. The van der Waals surface area contributed by atoms with Crippen molar-refractivity contribution in [3.05, 3.63) is 30.2 Å². The van der Waals surface area contributed by atoms with Crippen LogP contribution in [-0.4, -0.2) is 22.3 Å². The molecule has 0 atom stereocenters. The van der Waals surface area contributed by atoms with Gasteiger partial charge in [0.1, 0.15) is 5.75 Å². The average Bonchev–Trinajstić information content (AvgIpc) is 2.86. The molecular weight excluding hydrogens is 268 g/mol. The number of nitrogens with one attached hydrogen (secondary N) is 2. The van der Waals surface area contributed by atoms with Crippen LogP contribution in [0.2, 0.25) is 0 Å². The molecule has 1 heterocycles. The van der Waals surface area contributed by atoms with Crippen molar-refractivity contribution < 1.29 is 9.15 Å². The molecular formula is C15H22N4O2. The fraction of sp³-hybridized carbons (Fsp3) is 0.467. The highest BCUT2D eigenvalue weighted by molar-refractivity contribution is 5.61. The molecule has 0 amide bonds. The Bertz CT molecular complexity index is 575. The van der Waals surface area contributed by atoms with Crippen molar-refractivity contribution in [2.24, 2.45) is 0 Å². The maximum absolute atomic E-state index is 5.56. The largest absolute Gasteiger partial charge is 0.492 e. The third kappa shape index (κ3) is 4.75. The van der Waals surface area contributed by atoms with Gasteiger partial charge in [-0.15, -0.1) is 5.10 Å². The third-order valence-corrected chi connectivity index (χ3v) is 2.67. The fourth-order valence-corrected chi connectivity index (χ4v) is 1.68. The van der Waals surface area contributed by atoms with Gasteiger partial charge in [0.05, 0.1) is 18.8 Å². The van der Waals surface area contributed by atoms with Gasteiger partial charge >= 0.3 is 6.01 Å². The minimum Gasteiger partial charge on any atom is -0.492 e. The first-order chi connectivity index (χ1) is 9.98. The van der Waals surface area contributed by atoms with Crippen LogP contribution < -0.4 is 15.4 Å². The first-order valence-electron chi connectivity index (χ1n) is 7.04. The minimum atomic E-state index is 0.00360. The van der Waals surface area contributed by atoms with E-state index in [1.807, 2.05) is 31.2 Å². The number of benzene rings is 1. The van der Waals surface area contributed by atoms with Gasteiger partial charge in [0.15, 0.2) is 0 Å². The average molecular weight is 290 g/mol. The number of ether oxygens (including phenoxy) is 1. The predicted octanol–water partition coefficient (Wildman–Crippen LogP) is 3.10. The quantitative estimate of drug-likeness (QED) is 0.851. The van der Waals surface area contributed by atoms with E-state index < -0.39 is 0 Å². The standard InChI is InChI=1S/C15H22N4O2/c1-5-20-12-9-7-6-8-11(12)17-14-19-18-13(21-14)10-16-15(2,3)4/h6-9,16H,5,10H2,1-4H3,(H,17,19). The van der Waals surface area contributed by atoms with E-state index in [4.69, 9.17) is 9.15 Å². The van der Waals surface area contributed by atoms with Crippen LogP contribution in [0.3, 0.4) is 0 Å². The number of anilines is 2. The van der Waals surface area contributed by atoms with E-state index in [0.29, 0.717) is 25.1 Å². The molecule has 0 unspecified atom stereocenters. The van der Waals surface area contributed by atoms with Gasteiger partial charge in [0.25, 0.3) is 0 Å². The van der Waals surface area contributed by atoms with E-state index in [9.17, 15) is 0 Å². The molecule has 21 heavy (non-hydrogen) atoms. The number of hydrogen-bond donors (Lipinski definition) is 2. The van der Waals surface area contributed by atoms with Crippen molar-refractivity contribution in [1.82, 2.24) is 15.5 Å². The second-order valence-electron chi connectivity index (χ2n) is 5.66. The molecule has 2 N–H and O–H groups in total. The lowest BCUT2D eigenvalue weighted by atomic mass is 10.1. The van der Waals surface area contributed by atoms with Gasteiger partial charge in [-0.25, -0.2) is 0 Å². The number of rotatable bonds is 6. The molecule has 114 valence electrons. The molecule has 1 aromatic heterocycles. The van der Waals surface area contributed by atoms with Crippen LogP contribution in [0, 0.1) is 0 Å². The van der Waals surface area contributed by atoms with Crippen LogP contribution in [0.25, 0.3) is 0 Å². The molecule has 0 radical (unpaired) electrons. The number of aromatic nitrogens is 2. The summed E-state index contributed by atoms with van der Waals surface area (Å²) in [5.41, 5.74) is 0.808. The molecule has 6 heteroatoms. The fourth-order valence-electron chi connectivity index (χ4n) is 1.68. The van der Waals surface area contributed by atoms with Crippen molar-refractivity contribution >= 4 is 11.7 Å². The Balaban J connectivity index is 2.02. The first-order valence-corrected chi connectivity index (χ1v) is 7.04. The zero-order valence-electron chi connectivity index (χ0n) is 12.9. The van der Waals surface area contributed by atoms with E-state index in [0.717, 1.165) is 11.4 Å². The van der Waals surface area contributed by atoms with Crippen LogP contribution in [-0.2, 0) is 6.54 Å². The van der Waals surface area contributed by atoms with Gasteiger partial charge in [0.2, 0.25) is 5.89 Å². The molecule has 0 aliphatic rings. The summed E-state index contributed by atoms with van der Waals surface area (Å²) >= 11 is 0. The number of nitrogens with zero attached hydrogens (tertiary/aromatic N) is 2. The molecule has 2 rings (SSSR count). The molecule has 6 nitrogen and oxygen atoms in total. The minimum absolute atomic E-state index is 0.00360. The molecule has 0 fully saturated rings. The summed E-state index contributed by atoms with van der Waals surface area (Å²) in [4.78, 5) is 0. The van der Waals surface area contributed by atoms with Gasteiger partial charge in [-0.1, -0.05) is 17.2 Å². The van der Waals surface area contributed by atoms with Crippen LogP contribution >= 0.6 is 0 Å². The summed E-state index contributed by atoms with van der Waals surface area (Å²) in [5.74, 6) is 1.30. The van der Waals surface area contributed by atoms with Gasteiger partial charge in [-0.3, -0.25) is 0 Å². The summed E-state index contributed by atoms with van der Waals surface area (Å²) in [6.45, 7) is 9.33. The van der Waals surface area contributed by atoms with E-state index in [1.165, 1.54) is 0 Å². The third-order valence-electron chi connectivity index (χ3n) is 2.67. The maximum atomic E-state index is 5.56. The van der Waals surface area contributed by atoms with E-state index in [1.54, 1.807) is 0 Å². The van der Waals surface area contributed by atoms with Gasteiger partial charge in [-0.05, 0) is 39.8 Å². The zero-order chi connectivity index (χ0) is 15.3. The zero-order valence-corrected chi connectivity index (χ0v) is 12.9. The summed E-state index contributed by atoms with van der Waals surface area (Å²) in [6, 6.07) is 7.99. The van der Waals surface area contributed by atoms with Crippen molar-refractivity contribution in [2.75, 3.05) is 11.9 Å². The lowest BCUT2D eigenvalue weighted by Gasteiger charge is -2.18. The highest BCUT2D eigenvalue weighted by Gasteiger charge is 2.13. The molecule has 1 aromatic carbocycles. The lowest BCUT2D eigenvalue weighted by molar-refractivity contribution is 0.341. The Kier molecular flexibility index (Phi) is 4.80. The van der Waals surface area contributed by atoms with E-state index in [2.05, 4.69) is 41.6 Å². The molecule has 0 aliphatic heterocycles. The number of para-hydroxylation sites is 2. The second kappa shape index (κ2) is 6.58. The van der Waals surface area contributed by atoms with Gasteiger partial charge in [-0.2, -0.15) is 0 Å². The van der Waals surface area contributed by atoms with E-state index >= 15 is 0 Å². The number of hydrogen-bond acceptors (Lipinski definition) is 6. The lowest BCUT2D eigenvalue weighted by Crippen LogP contribution is -2.35. The maximum Gasteiger partial charge on any atom is 0.320 e. The Labute approximate surface area is 124 Å². The van der Waals surface area contributed by atoms with Crippen LogP contribution in [0.1, 0.15) is 33.6 Å². The Morgan fingerprint density at radius 1 is 1.19 bits per heavy atom. The van der Waals surface area contributed by atoms with Gasteiger partial charge in [0, 0.05) is 5.54 Å². The summed E-state index contributed by atoms with van der Waals surface area (Å²) in [7, 11) is 0. The first kappa shape index (κ1) is 15.3. The SMILES string of the molecule is CCOc1ccccc1Nc1nnc(CNC(C)(C)C)o1. The van der Waals surface area contributed by atoms with Crippen LogP contribution in [0.5, 0.6) is 5.75 Å². The van der Waals surface area contributed by atoms with Crippen molar-refractivity contribution in [2.45, 2.75) is 39.8 Å². The molecule has 0 saturated heterocycles. The van der Waals surface area contributed by atoms with Crippen molar-refractivity contribution in [3.63, 3.8) is 0 Å². The topological polar surface area (TPSA) is 72.2 Å². The van der Waals surface area contributed by atoms with Crippen LogP contribution in [0.4, 0.5) is 11.7 Å². The molecule has 0 bridgehead atoms.